The third-order valence-electron chi connectivity index (χ3n) is 7.11. The highest BCUT2D eigenvalue weighted by Gasteiger charge is 2.47. The second-order valence-corrected chi connectivity index (χ2v) is 8.77. The lowest BCUT2D eigenvalue weighted by Crippen LogP contribution is -2.29. The third-order valence-corrected chi connectivity index (χ3v) is 7.11. The van der Waals surface area contributed by atoms with Crippen molar-refractivity contribution in [1.82, 2.24) is 4.98 Å². The summed E-state index contributed by atoms with van der Waals surface area (Å²) in [7, 11) is 0. The average Bonchev–Trinajstić information content (AvgIpc) is 3.18. The Morgan fingerprint density at radius 2 is 1.15 bits per heavy atom. The average molecular weight is 420 g/mol. The maximum Gasteiger partial charge on any atom is 0.0761 e. The van der Waals surface area contributed by atoms with Crippen molar-refractivity contribution < 1.29 is 0 Å². The van der Waals surface area contributed by atoms with Gasteiger partial charge in [-0.15, -0.1) is 0 Å². The molecule has 0 bridgehead atoms. The molecular weight excluding hydrogens is 398 g/mol. The smallest absolute Gasteiger partial charge is 0.0761 e. The summed E-state index contributed by atoms with van der Waals surface area (Å²) in [6.07, 6.45) is 0. The Balaban J connectivity index is 1.73. The van der Waals surface area contributed by atoms with Crippen molar-refractivity contribution in [2.75, 3.05) is 0 Å². The minimum Gasteiger partial charge on any atom is -0.247 e. The van der Waals surface area contributed by atoms with Gasteiger partial charge in [-0.1, -0.05) is 115 Å². The summed E-state index contributed by atoms with van der Waals surface area (Å²) in [5.74, 6) is 0. The summed E-state index contributed by atoms with van der Waals surface area (Å²) in [6, 6.07) is 46.0. The fourth-order valence-corrected chi connectivity index (χ4v) is 5.77. The second-order valence-electron chi connectivity index (χ2n) is 8.77. The predicted molar refractivity (Wildman–Crippen MR) is 137 cm³/mol. The number of benzene rings is 5. The van der Waals surface area contributed by atoms with Crippen LogP contribution in [0.1, 0.15) is 22.3 Å². The third kappa shape index (κ3) is 2.45. The van der Waals surface area contributed by atoms with Gasteiger partial charge in [0.1, 0.15) is 0 Å². The van der Waals surface area contributed by atoms with Crippen LogP contribution < -0.4 is 0 Å². The van der Waals surface area contributed by atoms with Crippen molar-refractivity contribution in [2.45, 2.75) is 5.41 Å². The molecule has 6 aromatic rings. The fourth-order valence-electron chi connectivity index (χ4n) is 5.77. The van der Waals surface area contributed by atoms with Crippen LogP contribution >= 0.6 is 0 Å². The summed E-state index contributed by atoms with van der Waals surface area (Å²) < 4.78 is 0. The number of hydrogen-bond acceptors (Lipinski definition) is 1. The van der Waals surface area contributed by atoms with Crippen LogP contribution in [0.5, 0.6) is 0 Å². The highest BCUT2D eigenvalue weighted by Crippen LogP contribution is 2.57. The molecule has 0 radical (unpaired) electrons. The van der Waals surface area contributed by atoms with Crippen LogP contribution in [0.2, 0.25) is 0 Å². The number of pyridine rings is 1. The fraction of sp³-hybridized carbons (Fsp3) is 0.0312. The van der Waals surface area contributed by atoms with E-state index in [1.54, 1.807) is 0 Å². The van der Waals surface area contributed by atoms with Gasteiger partial charge in [0.2, 0.25) is 0 Å². The molecule has 33 heavy (non-hydrogen) atoms. The number of para-hydroxylation sites is 1. The van der Waals surface area contributed by atoms with E-state index in [0.717, 1.165) is 11.2 Å². The van der Waals surface area contributed by atoms with E-state index in [0.29, 0.717) is 0 Å². The van der Waals surface area contributed by atoms with Gasteiger partial charge in [-0.25, -0.2) is 4.98 Å². The van der Waals surface area contributed by atoms with Crippen LogP contribution in [0.3, 0.4) is 0 Å². The summed E-state index contributed by atoms with van der Waals surface area (Å²) in [4.78, 5) is 5.22. The zero-order chi connectivity index (χ0) is 21.8. The molecule has 1 atom stereocenters. The Morgan fingerprint density at radius 3 is 2.06 bits per heavy atom. The Labute approximate surface area is 193 Å². The van der Waals surface area contributed by atoms with Gasteiger partial charge in [-0.2, -0.15) is 0 Å². The quantitative estimate of drug-likeness (QED) is 0.279. The first kappa shape index (κ1) is 18.4. The molecule has 154 valence electrons. The summed E-state index contributed by atoms with van der Waals surface area (Å²) >= 11 is 0. The number of aromatic nitrogens is 1. The van der Waals surface area contributed by atoms with E-state index >= 15 is 0 Å². The van der Waals surface area contributed by atoms with Crippen molar-refractivity contribution in [1.29, 1.82) is 0 Å². The first-order chi connectivity index (χ1) is 16.4. The van der Waals surface area contributed by atoms with Gasteiger partial charge in [0.25, 0.3) is 0 Å². The molecule has 1 aromatic heterocycles. The molecule has 1 aliphatic carbocycles. The number of hydrogen-bond donors (Lipinski definition) is 0. The normalized spacial score (nSPS) is 16.6. The Kier molecular flexibility index (Phi) is 3.83. The molecule has 5 aromatic carbocycles. The molecule has 0 saturated carbocycles. The maximum atomic E-state index is 5.22. The Morgan fingerprint density at radius 1 is 0.485 bits per heavy atom. The lowest BCUT2D eigenvalue weighted by Gasteiger charge is -2.34. The Hall–Kier alpha value is -4.23. The van der Waals surface area contributed by atoms with Gasteiger partial charge in [0, 0.05) is 10.9 Å². The highest BCUT2D eigenvalue weighted by atomic mass is 14.7. The summed E-state index contributed by atoms with van der Waals surface area (Å²) in [6.45, 7) is 0. The van der Waals surface area contributed by atoms with E-state index < -0.39 is 5.41 Å². The van der Waals surface area contributed by atoms with Crippen LogP contribution in [-0.2, 0) is 5.41 Å². The first-order valence-corrected chi connectivity index (χ1v) is 11.4. The van der Waals surface area contributed by atoms with Gasteiger partial charge in [0.05, 0.1) is 16.6 Å². The molecule has 0 N–H and O–H groups in total. The van der Waals surface area contributed by atoms with E-state index in [2.05, 4.69) is 127 Å². The van der Waals surface area contributed by atoms with Crippen molar-refractivity contribution in [3.63, 3.8) is 0 Å². The van der Waals surface area contributed by atoms with E-state index in [-0.39, 0.29) is 0 Å². The van der Waals surface area contributed by atoms with Gasteiger partial charge in [-0.05, 0) is 45.2 Å². The van der Waals surface area contributed by atoms with E-state index in [1.165, 1.54) is 44.0 Å². The summed E-state index contributed by atoms with van der Waals surface area (Å²) in [5, 5.41) is 3.70. The SMILES string of the molecule is c1ccc(C2(c3cccc4ccccc34)c3ccccc3-c3nc4ccccc4cc32)cc1. The maximum absolute atomic E-state index is 5.22. The molecule has 0 amide bonds. The predicted octanol–water partition coefficient (Wildman–Crippen LogP) is 7.75. The minimum atomic E-state index is -0.439. The van der Waals surface area contributed by atoms with Gasteiger partial charge >= 0.3 is 0 Å². The van der Waals surface area contributed by atoms with Crippen molar-refractivity contribution in [2.24, 2.45) is 0 Å². The lowest BCUT2D eigenvalue weighted by molar-refractivity contribution is 0.776. The second kappa shape index (κ2) is 6.88. The topological polar surface area (TPSA) is 12.9 Å². The zero-order valence-corrected chi connectivity index (χ0v) is 18.1. The number of fused-ring (bicyclic) bond motifs is 5. The molecule has 7 rings (SSSR count). The first-order valence-electron chi connectivity index (χ1n) is 11.4. The van der Waals surface area contributed by atoms with Crippen molar-refractivity contribution in [3.8, 4) is 11.3 Å². The van der Waals surface area contributed by atoms with E-state index in [4.69, 9.17) is 4.98 Å². The van der Waals surface area contributed by atoms with Crippen LogP contribution in [0.25, 0.3) is 32.9 Å². The molecule has 1 unspecified atom stereocenters. The Bertz CT molecular complexity index is 1660. The van der Waals surface area contributed by atoms with E-state index in [1.807, 2.05) is 0 Å². The molecule has 1 heteroatoms. The standard InChI is InChI=1S/C32H21N/c1-2-14-24(15-3-1)32(27-19-10-13-22-11-4-6-16-25(22)27)28-18-8-7-17-26(28)31-29(32)21-23-12-5-9-20-30(23)33-31/h1-21H. The minimum absolute atomic E-state index is 0.439. The van der Waals surface area contributed by atoms with Gasteiger partial charge < -0.3 is 0 Å². The number of rotatable bonds is 2. The largest absolute Gasteiger partial charge is 0.247 e. The lowest BCUT2D eigenvalue weighted by atomic mass is 9.66. The van der Waals surface area contributed by atoms with E-state index in [9.17, 15) is 0 Å². The number of nitrogens with zero attached hydrogens (tertiary/aromatic N) is 1. The van der Waals surface area contributed by atoms with Gasteiger partial charge in [-0.3, -0.25) is 0 Å². The van der Waals surface area contributed by atoms with Gasteiger partial charge in [0.15, 0.2) is 0 Å². The van der Waals surface area contributed by atoms with Crippen LogP contribution in [-0.4, -0.2) is 4.98 Å². The molecule has 1 nitrogen and oxygen atoms in total. The van der Waals surface area contributed by atoms with Crippen molar-refractivity contribution in [3.05, 3.63) is 150 Å². The monoisotopic (exact) mass is 419 g/mol. The highest BCUT2D eigenvalue weighted by molar-refractivity contribution is 5.96. The zero-order valence-electron chi connectivity index (χ0n) is 18.1. The molecule has 1 heterocycles. The van der Waals surface area contributed by atoms with Crippen LogP contribution in [0.4, 0.5) is 0 Å². The molecule has 1 aliphatic rings. The molecule has 0 aliphatic heterocycles. The molecule has 0 spiro atoms. The van der Waals surface area contributed by atoms with Crippen molar-refractivity contribution >= 4 is 21.7 Å². The van der Waals surface area contributed by atoms with Crippen LogP contribution in [0, 0.1) is 0 Å². The summed E-state index contributed by atoms with van der Waals surface area (Å²) in [5.41, 5.74) is 8.02. The van der Waals surface area contributed by atoms with Crippen LogP contribution in [0.15, 0.2) is 127 Å². The molecule has 0 saturated heterocycles. The molecule has 0 fully saturated rings. The molecular formula is C32H21N.